The molecule has 5 nitrogen and oxygen atoms in total. The van der Waals surface area contributed by atoms with E-state index in [1.54, 1.807) is 6.07 Å². The molecular formula is C18H21ClNO4+. The van der Waals surface area contributed by atoms with Gasteiger partial charge in [-0.05, 0) is 43.7 Å². The molecular weight excluding hydrogens is 330 g/mol. The highest BCUT2D eigenvalue weighted by molar-refractivity contribution is 6.33. The Labute approximate surface area is 144 Å². The Bertz CT molecular complexity index is 839. The molecule has 0 spiro atoms. The normalized spacial score (nSPS) is 20.0. The number of benzene rings is 1. The van der Waals surface area contributed by atoms with Crippen LogP contribution < -0.4 is 10.9 Å². The van der Waals surface area contributed by atoms with Crippen LogP contribution in [0.1, 0.15) is 36.0 Å². The van der Waals surface area contributed by atoms with E-state index < -0.39 is 0 Å². The van der Waals surface area contributed by atoms with E-state index in [1.807, 2.05) is 0 Å². The second-order valence-electron chi connectivity index (χ2n) is 6.63. The first-order chi connectivity index (χ1) is 11.6. The summed E-state index contributed by atoms with van der Waals surface area (Å²) in [6.07, 6.45) is 5.00. The number of nitrogens with two attached hydrogens (primary N) is 1. The number of ether oxygens (including phenoxy) is 1. The number of phenols is 1. The zero-order valence-corrected chi connectivity index (χ0v) is 14.2. The number of fused-ring (bicyclic) bond motifs is 3. The van der Waals surface area contributed by atoms with E-state index in [-0.39, 0.29) is 17.5 Å². The Morgan fingerprint density at radius 2 is 2.12 bits per heavy atom. The minimum absolute atomic E-state index is 0.00820. The number of aryl methyl sites for hydroxylation is 1. The van der Waals surface area contributed by atoms with Crippen LogP contribution in [0.5, 0.6) is 5.75 Å². The van der Waals surface area contributed by atoms with Gasteiger partial charge in [0.25, 0.3) is 0 Å². The van der Waals surface area contributed by atoms with Gasteiger partial charge in [0.2, 0.25) is 0 Å². The van der Waals surface area contributed by atoms with Crippen LogP contribution in [-0.2, 0) is 24.1 Å². The van der Waals surface area contributed by atoms with Gasteiger partial charge in [-0.15, -0.1) is 0 Å². The molecule has 1 aliphatic carbocycles. The van der Waals surface area contributed by atoms with Gasteiger partial charge < -0.3 is 19.6 Å². The van der Waals surface area contributed by atoms with Crippen molar-refractivity contribution in [1.29, 1.82) is 0 Å². The quantitative estimate of drug-likeness (QED) is 0.825. The zero-order chi connectivity index (χ0) is 16.7. The number of quaternary nitrogens is 1. The zero-order valence-electron chi connectivity index (χ0n) is 13.4. The molecule has 128 valence electrons. The number of aromatic hydroxyl groups is 1. The van der Waals surface area contributed by atoms with E-state index in [4.69, 9.17) is 20.8 Å². The summed E-state index contributed by atoms with van der Waals surface area (Å²) in [4.78, 5) is 12.2. The Kier molecular flexibility index (Phi) is 4.24. The van der Waals surface area contributed by atoms with Gasteiger partial charge in [0.05, 0.1) is 10.6 Å². The fraction of sp³-hybridized carbons (Fsp3) is 0.500. The average Bonchev–Trinajstić information content (AvgIpc) is 3.24. The maximum Gasteiger partial charge on any atom is 0.339 e. The smallest absolute Gasteiger partial charge is 0.339 e. The Hall–Kier alpha value is -1.56. The van der Waals surface area contributed by atoms with Crippen LogP contribution >= 0.6 is 11.6 Å². The molecule has 0 amide bonds. The maximum absolute atomic E-state index is 12.2. The molecule has 1 aliphatic heterocycles. The molecule has 24 heavy (non-hydrogen) atoms. The molecule has 4 rings (SSSR count). The number of hydrogen-bond acceptors (Lipinski definition) is 4. The monoisotopic (exact) mass is 350 g/mol. The molecule has 0 saturated carbocycles. The van der Waals surface area contributed by atoms with Gasteiger partial charge in [-0.3, -0.25) is 0 Å². The largest absolute Gasteiger partial charge is 0.506 e. The molecule has 1 saturated heterocycles. The summed E-state index contributed by atoms with van der Waals surface area (Å²) in [5, 5.41) is 13.6. The van der Waals surface area contributed by atoms with Crippen molar-refractivity contribution in [2.75, 3.05) is 13.2 Å². The summed E-state index contributed by atoms with van der Waals surface area (Å²) in [5.41, 5.74) is 2.59. The van der Waals surface area contributed by atoms with E-state index in [9.17, 15) is 9.90 Å². The van der Waals surface area contributed by atoms with Crippen molar-refractivity contribution in [1.82, 2.24) is 0 Å². The van der Waals surface area contributed by atoms with Gasteiger partial charge in [-0.1, -0.05) is 11.6 Å². The summed E-state index contributed by atoms with van der Waals surface area (Å²) >= 11 is 6.23. The van der Waals surface area contributed by atoms with Crippen LogP contribution in [0.2, 0.25) is 5.02 Å². The molecule has 2 aliphatic rings. The minimum Gasteiger partial charge on any atom is -0.506 e. The highest BCUT2D eigenvalue weighted by Crippen LogP contribution is 2.37. The van der Waals surface area contributed by atoms with E-state index >= 15 is 0 Å². The molecule has 2 aromatic rings. The third kappa shape index (κ3) is 2.70. The third-order valence-corrected chi connectivity index (χ3v) is 5.38. The molecule has 1 aromatic heterocycles. The summed E-state index contributed by atoms with van der Waals surface area (Å²) in [7, 11) is 0. The fourth-order valence-electron chi connectivity index (χ4n) is 3.87. The fourth-order valence-corrected chi connectivity index (χ4v) is 4.09. The van der Waals surface area contributed by atoms with Crippen LogP contribution in [0.4, 0.5) is 0 Å². The van der Waals surface area contributed by atoms with Crippen LogP contribution in [0.3, 0.4) is 0 Å². The number of halogens is 1. The third-order valence-electron chi connectivity index (χ3n) is 5.09. The predicted molar refractivity (Wildman–Crippen MR) is 90.7 cm³/mol. The number of phenolic OH excluding ortho intramolecular Hbond substituents is 1. The summed E-state index contributed by atoms with van der Waals surface area (Å²) in [6.45, 7) is 2.15. The first kappa shape index (κ1) is 15.9. The average molecular weight is 351 g/mol. The van der Waals surface area contributed by atoms with Gasteiger partial charge >= 0.3 is 5.63 Å². The molecule has 0 unspecified atom stereocenters. The minimum atomic E-state index is -0.280. The van der Waals surface area contributed by atoms with Crippen LogP contribution in [0, 0.1) is 0 Å². The maximum atomic E-state index is 12.2. The molecule has 0 bridgehead atoms. The van der Waals surface area contributed by atoms with Crippen LogP contribution in [0.25, 0.3) is 11.0 Å². The topological polar surface area (TPSA) is 76.3 Å². The van der Waals surface area contributed by atoms with E-state index in [2.05, 4.69) is 5.32 Å². The van der Waals surface area contributed by atoms with Gasteiger partial charge in [0.1, 0.15) is 24.9 Å². The van der Waals surface area contributed by atoms with Crippen molar-refractivity contribution < 1.29 is 19.6 Å². The highest BCUT2D eigenvalue weighted by atomic mass is 35.5. The van der Waals surface area contributed by atoms with Gasteiger partial charge in [-0.2, -0.15) is 0 Å². The second kappa shape index (κ2) is 6.39. The van der Waals surface area contributed by atoms with Gasteiger partial charge in [0, 0.05) is 17.6 Å². The molecule has 1 aromatic carbocycles. The van der Waals surface area contributed by atoms with E-state index in [1.165, 1.54) is 0 Å². The molecule has 3 N–H and O–H groups in total. The highest BCUT2D eigenvalue weighted by Gasteiger charge is 2.25. The Balaban J connectivity index is 1.71. The standard InChI is InChI=1S/C18H20ClNO4/c19-15-7-13-11-4-1-5-12(11)18(22)24-17(13)14(16(15)21)9-20-8-10-3-2-6-23-10/h7,10,20-21H,1-6,8-9H2/p+1/t10-/m0/s1. The molecule has 1 fully saturated rings. The van der Waals surface area contributed by atoms with Crippen molar-refractivity contribution in [3.63, 3.8) is 0 Å². The lowest BCUT2D eigenvalue weighted by atomic mass is 10.0. The Morgan fingerprint density at radius 1 is 1.29 bits per heavy atom. The number of hydrogen-bond donors (Lipinski definition) is 2. The van der Waals surface area contributed by atoms with Crippen molar-refractivity contribution in [2.24, 2.45) is 0 Å². The Morgan fingerprint density at radius 3 is 2.92 bits per heavy atom. The summed E-state index contributed by atoms with van der Waals surface area (Å²) in [5.74, 6) is 0.00820. The summed E-state index contributed by atoms with van der Waals surface area (Å²) in [6, 6.07) is 1.73. The van der Waals surface area contributed by atoms with Crippen LogP contribution in [-0.4, -0.2) is 24.4 Å². The molecule has 6 heteroatoms. The lowest BCUT2D eigenvalue weighted by molar-refractivity contribution is -0.676. The lowest BCUT2D eigenvalue weighted by Crippen LogP contribution is -2.84. The first-order valence-corrected chi connectivity index (χ1v) is 8.95. The van der Waals surface area contributed by atoms with Crippen LogP contribution in [0.15, 0.2) is 15.3 Å². The first-order valence-electron chi connectivity index (χ1n) is 8.57. The van der Waals surface area contributed by atoms with E-state index in [0.29, 0.717) is 22.7 Å². The SMILES string of the molecule is O=c1oc2c(C[NH2+]C[C@@H]3CCCO3)c(O)c(Cl)cc2c2c1CCC2. The lowest BCUT2D eigenvalue weighted by Gasteiger charge is -2.13. The molecule has 2 heterocycles. The molecule has 1 atom stereocenters. The van der Waals surface area contributed by atoms with Gasteiger partial charge in [0.15, 0.2) is 5.58 Å². The predicted octanol–water partition coefficient (Wildman–Crippen LogP) is 1.88. The van der Waals surface area contributed by atoms with Crippen molar-refractivity contribution in [3.05, 3.63) is 38.2 Å². The van der Waals surface area contributed by atoms with Gasteiger partial charge in [-0.25, -0.2) is 4.79 Å². The van der Waals surface area contributed by atoms with Crippen molar-refractivity contribution in [3.8, 4) is 5.75 Å². The van der Waals surface area contributed by atoms with Crippen molar-refractivity contribution in [2.45, 2.75) is 44.8 Å². The summed E-state index contributed by atoms with van der Waals surface area (Å²) < 4.78 is 11.2. The molecule has 0 radical (unpaired) electrons. The number of rotatable bonds is 4. The van der Waals surface area contributed by atoms with Crippen molar-refractivity contribution >= 4 is 22.6 Å². The second-order valence-corrected chi connectivity index (χ2v) is 7.03. The van der Waals surface area contributed by atoms with E-state index in [0.717, 1.165) is 61.8 Å².